The molecule has 3 atom stereocenters. The fourth-order valence-electron chi connectivity index (χ4n) is 5.15. The molecule has 2 aliphatic rings. The Labute approximate surface area is 195 Å². The molecule has 0 bridgehead atoms. The van der Waals surface area contributed by atoms with Crippen molar-refractivity contribution >= 4 is 5.97 Å². The van der Waals surface area contributed by atoms with Crippen LogP contribution in [0, 0.1) is 11.8 Å². The summed E-state index contributed by atoms with van der Waals surface area (Å²) in [6, 6.07) is 13.4. The number of aliphatic carboxylic acids is 1. The van der Waals surface area contributed by atoms with E-state index in [4.69, 9.17) is 14.2 Å². The van der Waals surface area contributed by atoms with Gasteiger partial charge in [0.05, 0.1) is 13.0 Å². The Morgan fingerprint density at radius 2 is 1.85 bits per heavy atom. The summed E-state index contributed by atoms with van der Waals surface area (Å²) in [6.07, 6.45) is 0. The number of carbonyl (C=O) groups is 1. The Hall–Kier alpha value is -2.77. The molecule has 3 unspecified atom stereocenters. The number of likely N-dealkylation sites (N-methyl/N-ethyl adjacent to an activating group) is 1. The summed E-state index contributed by atoms with van der Waals surface area (Å²) < 4.78 is 16.3. The maximum atomic E-state index is 12.6. The first-order valence-electron chi connectivity index (χ1n) is 11.6. The van der Waals surface area contributed by atoms with Gasteiger partial charge in [-0.25, -0.2) is 0 Å². The number of ether oxygens (including phenoxy) is 3. The molecule has 4 rings (SSSR count). The van der Waals surface area contributed by atoms with E-state index < -0.39 is 11.9 Å². The zero-order valence-electron chi connectivity index (χ0n) is 19.9. The van der Waals surface area contributed by atoms with Crippen LogP contribution in [0.3, 0.4) is 0 Å². The van der Waals surface area contributed by atoms with Gasteiger partial charge in [0.1, 0.15) is 5.75 Å². The van der Waals surface area contributed by atoms with Crippen LogP contribution < -0.4 is 14.2 Å². The molecule has 2 aromatic rings. The van der Waals surface area contributed by atoms with E-state index in [2.05, 4.69) is 30.7 Å². The second-order valence-electron chi connectivity index (χ2n) is 9.45. The quantitative estimate of drug-likeness (QED) is 0.617. The molecule has 2 aromatic carbocycles. The van der Waals surface area contributed by atoms with Crippen LogP contribution >= 0.6 is 0 Å². The monoisotopic (exact) mass is 454 g/mol. The summed E-state index contributed by atoms with van der Waals surface area (Å²) in [4.78, 5) is 17.3. The van der Waals surface area contributed by atoms with E-state index in [1.807, 2.05) is 42.5 Å². The van der Waals surface area contributed by atoms with Crippen molar-refractivity contribution in [3.05, 3.63) is 53.6 Å². The largest absolute Gasteiger partial charge is 0.497 e. The number of rotatable bonds is 9. The number of hydrogen-bond donors (Lipinski definition) is 1. The average Bonchev–Trinajstić information content (AvgIpc) is 3.41. The second kappa shape index (κ2) is 10.0. The third kappa shape index (κ3) is 5.09. The van der Waals surface area contributed by atoms with Crippen LogP contribution in [0.4, 0.5) is 0 Å². The lowest BCUT2D eigenvalue weighted by Crippen LogP contribution is -2.36. The summed E-state index contributed by atoms with van der Waals surface area (Å²) in [5, 5.41) is 10.4. The predicted molar refractivity (Wildman–Crippen MR) is 126 cm³/mol. The third-order valence-electron chi connectivity index (χ3n) is 6.61. The second-order valence-corrected chi connectivity index (χ2v) is 9.45. The van der Waals surface area contributed by atoms with Gasteiger partial charge in [-0.15, -0.1) is 0 Å². The number of fused-ring (bicyclic) bond motifs is 1. The predicted octanol–water partition coefficient (Wildman–Crippen LogP) is 3.85. The standard InChI is InChI=1S/C26H34N2O5/c1-17(2)14-27(3)11-12-28-15-21(19-7-10-22-23(13-19)33-16-32-22)24(26(29)30)25(28)18-5-8-20(31-4)9-6-18/h5-10,13,17,21,24-25H,11-12,14-16H2,1-4H3,(H,29,30). The number of carboxylic acids is 1. The summed E-state index contributed by atoms with van der Waals surface area (Å²) in [6.45, 7) is 7.98. The van der Waals surface area contributed by atoms with Gasteiger partial charge in [0, 0.05) is 38.1 Å². The van der Waals surface area contributed by atoms with Crippen LogP contribution in [0.5, 0.6) is 17.2 Å². The molecule has 178 valence electrons. The first-order valence-corrected chi connectivity index (χ1v) is 11.6. The van der Waals surface area contributed by atoms with Gasteiger partial charge in [-0.3, -0.25) is 9.69 Å². The van der Waals surface area contributed by atoms with Crippen molar-refractivity contribution in [1.82, 2.24) is 9.80 Å². The molecular formula is C26H34N2O5. The topological polar surface area (TPSA) is 71.5 Å². The zero-order chi connectivity index (χ0) is 23.5. The molecule has 0 radical (unpaired) electrons. The Bertz CT molecular complexity index is 962. The first kappa shape index (κ1) is 23.4. The molecule has 0 aromatic heterocycles. The highest BCUT2D eigenvalue weighted by molar-refractivity contribution is 5.74. The molecule has 0 amide bonds. The zero-order valence-corrected chi connectivity index (χ0v) is 19.9. The van der Waals surface area contributed by atoms with Gasteiger partial charge in [-0.1, -0.05) is 32.0 Å². The maximum absolute atomic E-state index is 12.6. The van der Waals surface area contributed by atoms with Crippen molar-refractivity contribution in [2.24, 2.45) is 11.8 Å². The third-order valence-corrected chi connectivity index (χ3v) is 6.61. The van der Waals surface area contributed by atoms with Crippen LogP contribution in [0.15, 0.2) is 42.5 Å². The molecule has 1 saturated heterocycles. The number of carboxylic acid groups (broad SMARTS) is 1. The minimum absolute atomic E-state index is 0.153. The molecule has 2 aliphatic heterocycles. The van der Waals surface area contributed by atoms with Crippen LogP contribution in [-0.4, -0.2) is 68.0 Å². The van der Waals surface area contributed by atoms with Crippen LogP contribution in [0.1, 0.15) is 36.9 Å². The Balaban J connectivity index is 1.65. The molecule has 7 heteroatoms. The van der Waals surface area contributed by atoms with E-state index in [0.29, 0.717) is 24.0 Å². The molecule has 7 nitrogen and oxygen atoms in total. The number of benzene rings is 2. The lowest BCUT2D eigenvalue weighted by Gasteiger charge is -2.29. The summed E-state index contributed by atoms with van der Waals surface area (Å²) in [7, 11) is 3.76. The van der Waals surface area contributed by atoms with Crippen molar-refractivity contribution in [3.63, 3.8) is 0 Å². The normalized spacial score (nSPS) is 22.3. The molecule has 33 heavy (non-hydrogen) atoms. The van der Waals surface area contributed by atoms with E-state index >= 15 is 0 Å². The average molecular weight is 455 g/mol. The molecule has 1 N–H and O–H groups in total. The van der Waals surface area contributed by atoms with E-state index in [0.717, 1.165) is 36.5 Å². The lowest BCUT2D eigenvalue weighted by atomic mass is 9.82. The molecular weight excluding hydrogens is 420 g/mol. The fourth-order valence-corrected chi connectivity index (χ4v) is 5.15. The molecule has 0 spiro atoms. The molecule has 1 fully saturated rings. The van der Waals surface area contributed by atoms with Crippen LogP contribution in [0.2, 0.25) is 0 Å². The van der Waals surface area contributed by atoms with E-state index in [9.17, 15) is 9.90 Å². The molecule has 0 aliphatic carbocycles. The van der Waals surface area contributed by atoms with E-state index in [-0.39, 0.29) is 18.8 Å². The van der Waals surface area contributed by atoms with Crippen LogP contribution in [-0.2, 0) is 4.79 Å². The first-order chi connectivity index (χ1) is 15.9. The SMILES string of the molecule is COc1ccc(C2C(C(=O)O)C(c3ccc4c(c3)OCO4)CN2CCN(C)CC(C)C)cc1. The number of methoxy groups -OCH3 is 1. The Morgan fingerprint density at radius 1 is 1.15 bits per heavy atom. The maximum Gasteiger partial charge on any atom is 0.309 e. The molecule has 0 saturated carbocycles. The number of hydrogen-bond acceptors (Lipinski definition) is 6. The minimum atomic E-state index is -0.781. The van der Waals surface area contributed by atoms with Gasteiger partial charge in [0.25, 0.3) is 0 Å². The highest BCUT2D eigenvalue weighted by atomic mass is 16.7. The van der Waals surface area contributed by atoms with Gasteiger partial charge in [0.15, 0.2) is 11.5 Å². The van der Waals surface area contributed by atoms with Crippen molar-refractivity contribution in [2.45, 2.75) is 25.8 Å². The Kier molecular flexibility index (Phi) is 7.10. The minimum Gasteiger partial charge on any atom is -0.497 e. The van der Waals surface area contributed by atoms with Gasteiger partial charge in [-0.2, -0.15) is 0 Å². The van der Waals surface area contributed by atoms with Crippen molar-refractivity contribution in [3.8, 4) is 17.2 Å². The summed E-state index contributed by atoms with van der Waals surface area (Å²) in [5.74, 6) is 1.23. The smallest absolute Gasteiger partial charge is 0.309 e. The number of nitrogens with zero attached hydrogens (tertiary/aromatic N) is 2. The summed E-state index contributed by atoms with van der Waals surface area (Å²) >= 11 is 0. The highest BCUT2D eigenvalue weighted by Crippen LogP contribution is 2.47. The van der Waals surface area contributed by atoms with Crippen LogP contribution in [0.25, 0.3) is 0 Å². The lowest BCUT2D eigenvalue weighted by molar-refractivity contribution is -0.143. The van der Waals surface area contributed by atoms with Gasteiger partial charge in [0.2, 0.25) is 6.79 Å². The Morgan fingerprint density at radius 3 is 2.52 bits per heavy atom. The number of likely N-dealkylation sites (tertiary alicyclic amines) is 1. The van der Waals surface area contributed by atoms with E-state index in [1.54, 1.807) is 7.11 Å². The fraction of sp³-hybridized carbons (Fsp3) is 0.500. The van der Waals surface area contributed by atoms with Crippen molar-refractivity contribution < 1.29 is 24.1 Å². The summed E-state index contributed by atoms with van der Waals surface area (Å²) in [5.41, 5.74) is 1.97. The molecule has 2 heterocycles. The van der Waals surface area contributed by atoms with E-state index in [1.165, 1.54) is 0 Å². The highest BCUT2D eigenvalue weighted by Gasteiger charge is 2.47. The van der Waals surface area contributed by atoms with Gasteiger partial charge >= 0.3 is 5.97 Å². The van der Waals surface area contributed by atoms with Gasteiger partial charge < -0.3 is 24.2 Å². The van der Waals surface area contributed by atoms with Gasteiger partial charge in [-0.05, 0) is 48.4 Å². The van der Waals surface area contributed by atoms with Crippen molar-refractivity contribution in [1.29, 1.82) is 0 Å². The van der Waals surface area contributed by atoms with Crippen molar-refractivity contribution in [2.75, 3.05) is 47.1 Å².